The van der Waals surface area contributed by atoms with E-state index in [1.165, 1.54) is 32.1 Å². The number of aliphatic hydroxyl groups excluding tert-OH is 1. The van der Waals surface area contributed by atoms with Crippen LogP contribution in [0, 0.1) is 5.92 Å². The normalized spacial score (nSPS) is 13.2. The fraction of sp³-hybridized carbons (Fsp3) is 1.00. The number of alkyl halides is 1. The molecule has 0 aliphatic rings. The zero-order valence-electron chi connectivity index (χ0n) is 8.06. The van der Waals surface area contributed by atoms with Crippen molar-refractivity contribution in [3.05, 3.63) is 0 Å². The molecule has 0 saturated carbocycles. The second kappa shape index (κ2) is 9.53. The molecule has 0 unspecified atom stereocenters. The maximum atomic E-state index is 8.57. The van der Waals surface area contributed by atoms with Gasteiger partial charge in [-0.05, 0) is 25.2 Å². The summed E-state index contributed by atoms with van der Waals surface area (Å²) in [6.45, 7) is 2.68. The summed E-state index contributed by atoms with van der Waals surface area (Å²) in [6, 6.07) is 0. The first-order valence-electron chi connectivity index (χ1n) is 4.98. The molecule has 0 bridgehead atoms. The highest BCUT2D eigenvalue weighted by atomic mass is 79.9. The Morgan fingerprint density at radius 3 is 2.33 bits per heavy atom. The summed E-state index contributed by atoms with van der Waals surface area (Å²) in [6.07, 6.45) is 7.41. The molecule has 0 aromatic rings. The Balaban J connectivity index is 3.02. The van der Waals surface area contributed by atoms with E-state index >= 15 is 0 Å². The number of hydrogen-bond donors (Lipinski definition) is 1. The van der Waals surface area contributed by atoms with E-state index in [2.05, 4.69) is 22.9 Å². The molecule has 0 aliphatic carbocycles. The predicted octanol–water partition coefficient (Wildman–Crippen LogP) is 3.35. The van der Waals surface area contributed by atoms with Crippen molar-refractivity contribution in [3.8, 4) is 0 Å². The molecule has 1 nitrogen and oxygen atoms in total. The topological polar surface area (TPSA) is 20.2 Å². The van der Waals surface area contributed by atoms with Gasteiger partial charge < -0.3 is 5.11 Å². The summed E-state index contributed by atoms with van der Waals surface area (Å²) in [7, 11) is 0. The van der Waals surface area contributed by atoms with E-state index in [0.717, 1.165) is 17.7 Å². The second-order valence-electron chi connectivity index (χ2n) is 3.51. The molecule has 0 rings (SSSR count). The van der Waals surface area contributed by atoms with Crippen LogP contribution in [0.25, 0.3) is 0 Å². The van der Waals surface area contributed by atoms with Gasteiger partial charge in [0, 0.05) is 11.9 Å². The number of unbranched alkanes of at least 4 members (excludes halogenated alkanes) is 2. The van der Waals surface area contributed by atoms with Gasteiger partial charge in [-0.15, -0.1) is 0 Å². The van der Waals surface area contributed by atoms with Crippen molar-refractivity contribution in [1.29, 1.82) is 0 Å². The molecule has 12 heavy (non-hydrogen) atoms. The van der Waals surface area contributed by atoms with E-state index in [9.17, 15) is 0 Å². The SMILES string of the molecule is C[C@@H](CCCBr)CCCCCO. The van der Waals surface area contributed by atoms with Crippen molar-refractivity contribution in [2.75, 3.05) is 11.9 Å². The van der Waals surface area contributed by atoms with Gasteiger partial charge >= 0.3 is 0 Å². The number of halogens is 1. The first kappa shape index (κ1) is 12.4. The standard InChI is InChI=1S/C10H21BrO/c1-10(7-5-8-11)6-3-2-4-9-12/h10,12H,2-9H2,1H3/t10-/m1/s1. The van der Waals surface area contributed by atoms with E-state index in [4.69, 9.17) is 5.11 Å². The van der Waals surface area contributed by atoms with Crippen molar-refractivity contribution < 1.29 is 5.11 Å². The molecular formula is C10H21BrO. The smallest absolute Gasteiger partial charge is 0.0431 e. The van der Waals surface area contributed by atoms with E-state index < -0.39 is 0 Å². The molecule has 2 heteroatoms. The third-order valence-electron chi connectivity index (χ3n) is 2.19. The van der Waals surface area contributed by atoms with Gasteiger partial charge in [-0.1, -0.05) is 42.1 Å². The number of aliphatic hydroxyl groups is 1. The van der Waals surface area contributed by atoms with Crippen LogP contribution in [0.3, 0.4) is 0 Å². The van der Waals surface area contributed by atoms with Crippen LogP contribution < -0.4 is 0 Å². The summed E-state index contributed by atoms with van der Waals surface area (Å²) >= 11 is 3.44. The van der Waals surface area contributed by atoms with Gasteiger partial charge in [0.2, 0.25) is 0 Å². The summed E-state index contributed by atoms with van der Waals surface area (Å²) in [5, 5.41) is 9.70. The molecule has 1 atom stereocenters. The molecule has 1 N–H and O–H groups in total. The van der Waals surface area contributed by atoms with Crippen LogP contribution >= 0.6 is 15.9 Å². The quantitative estimate of drug-likeness (QED) is 0.507. The van der Waals surface area contributed by atoms with Crippen LogP contribution in [-0.4, -0.2) is 17.0 Å². The molecule has 0 radical (unpaired) electrons. The lowest BCUT2D eigenvalue weighted by molar-refractivity contribution is 0.280. The molecular weight excluding hydrogens is 216 g/mol. The molecule has 74 valence electrons. The van der Waals surface area contributed by atoms with Crippen LogP contribution in [0.1, 0.15) is 45.4 Å². The summed E-state index contributed by atoms with van der Waals surface area (Å²) in [5.74, 6) is 0.862. The third-order valence-corrected chi connectivity index (χ3v) is 2.75. The zero-order chi connectivity index (χ0) is 9.23. The third kappa shape index (κ3) is 8.54. The zero-order valence-corrected chi connectivity index (χ0v) is 9.65. The molecule has 0 fully saturated rings. The second-order valence-corrected chi connectivity index (χ2v) is 4.30. The number of rotatable bonds is 8. The fourth-order valence-corrected chi connectivity index (χ4v) is 1.68. The minimum Gasteiger partial charge on any atom is -0.396 e. The van der Waals surface area contributed by atoms with Gasteiger partial charge in [0.1, 0.15) is 0 Å². The monoisotopic (exact) mass is 236 g/mol. The van der Waals surface area contributed by atoms with Crippen LogP contribution in [0.4, 0.5) is 0 Å². The van der Waals surface area contributed by atoms with Crippen molar-refractivity contribution in [3.63, 3.8) is 0 Å². The van der Waals surface area contributed by atoms with E-state index in [0.29, 0.717) is 6.61 Å². The van der Waals surface area contributed by atoms with Gasteiger partial charge in [0.15, 0.2) is 0 Å². The summed E-state index contributed by atoms with van der Waals surface area (Å²) < 4.78 is 0. The highest BCUT2D eigenvalue weighted by Crippen LogP contribution is 2.15. The number of hydrogen-bond acceptors (Lipinski definition) is 1. The van der Waals surface area contributed by atoms with Crippen molar-refractivity contribution >= 4 is 15.9 Å². The molecule has 0 heterocycles. The van der Waals surface area contributed by atoms with Crippen LogP contribution in [0.2, 0.25) is 0 Å². The summed E-state index contributed by atoms with van der Waals surface area (Å²) in [4.78, 5) is 0. The van der Waals surface area contributed by atoms with Crippen molar-refractivity contribution in [2.45, 2.75) is 45.4 Å². The first-order valence-corrected chi connectivity index (χ1v) is 6.10. The minimum atomic E-state index is 0.357. The minimum absolute atomic E-state index is 0.357. The Bertz CT molecular complexity index is 85.9. The van der Waals surface area contributed by atoms with Gasteiger partial charge in [-0.3, -0.25) is 0 Å². The molecule has 0 spiro atoms. The Hall–Kier alpha value is 0.440. The lowest BCUT2D eigenvalue weighted by atomic mass is 9.99. The molecule has 0 aromatic heterocycles. The Labute approximate surface area is 84.7 Å². The average Bonchev–Trinajstić information content (AvgIpc) is 2.09. The predicted molar refractivity (Wildman–Crippen MR) is 57.7 cm³/mol. The first-order chi connectivity index (χ1) is 5.81. The molecule has 0 saturated heterocycles. The molecule has 0 aliphatic heterocycles. The van der Waals surface area contributed by atoms with E-state index in [-0.39, 0.29) is 0 Å². The Morgan fingerprint density at radius 2 is 1.75 bits per heavy atom. The maximum Gasteiger partial charge on any atom is 0.0431 e. The summed E-state index contributed by atoms with van der Waals surface area (Å²) in [5.41, 5.74) is 0. The Morgan fingerprint density at radius 1 is 1.08 bits per heavy atom. The highest BCUT2D eigenvalue weighted by molar-refractivity contribution is 9.09. The van der Waals surface area contributed by atoms with Gasteiger partial charge in [0.05, 0.1) is 0 Å². The van der Waals surface area contributed by atoms with E-state index in [1.54, 1.807) is 0 Å². The van der Waals surface area contributed by atoms with E-state index in [1.807, 2.05) is 0 Å². The molecule has 0 aromatic carbocycles. The average molecular weight is 237 g/mol. The van der Waals surface area contributed by atoms with Crippen LogP contribution in [0.15, 0.2) is 0 Å². The molecule has 0 amide bonds. The maximum absolute atomic E-state index is 8.57. The highest BCUT2D eigenvalue weighted by Gasteiger charge is 2.00. The van der Waals surface area contributed by atoms with Crippen LogP contribution in [0.5, 0.6) is 0 Å². The lowest BCUT2D eigenvalue weighted by Crippen LogP contribution is -1.95. The van der Waals surface area contributed by atoms with Gasteiger partial charge in [-0.25, -0.2) is 0 Å². The largest absolute Gasteiger partial charge is 0.396 e. The fourth-order valence-electron chi connectivity index (χ4n) is 1.35. The van der Waals surface area contributed by atoms with Gasteiger partial charge in [-0.2, -0.15) is 0 Å². The van der Waals surface area contributed by atoms with Gasteiger partial charge in [0.25, 0.3) is 0 Å². The van der Waals surface area contributed by atoms with Crippen molar-refractivity contribution in [2.24, 2.45) is 5.92 Å². The van der Waals surface area contributed by atoms with Crippen LogP contribution in [-0.2, 0) is 0 Å². The van der Waals surface area contributed by atoms with Crippen molar-refractivity contribution in [1.82, 2.24) is 0 Å². The Kier molecular flexibility index (Phi) is 9.88. The lowest BCUT2D eigenvalue weighted by Gasteiger charge is -2.09.